The Kier molecular flexibility index (Phi) is 2.30. The second-order valence-electron chi connectivity index (χ2n) is 4.60. The minimum absolute atomic E-state index is 0.686. The lowest BCUT2D eigenvalue weighted by Gasteiger charge is -2.10. The highest BCUT2D eigenvalue weighted by Crippen LogP contribution is 2.32. The summed E-state index contributed by atoms with van der Waals surface area (Å²) in [6.45, 7) is 6.08. The summed E-state index contributed by atoms with van der Waals surface area (Å²) in [4.78, 5) is 4.61. The monoisotopic (exact) mass is 241 g/mol. The van der Waals surface area contributed by atoms with Gasteiger partial charge in [0.1, 0.15) is 11.3 Å². The largest absolute Gasteiger partial charge is 0.481 e. The molecule has 0 saturated carbocycles. The molecule has 0 saturated heterocycles. The molecule has 0 radical (unpaired) electrons. The van der Waals surface area contributed by atoms with Gasteiger partial charge in [-0.05, 0) is 44.5 Å². The number of aromatic nitrogens is 1. The van der Waals surface area contributed by atoms with Crippen LogP contribution in [0.3, 0.4) is 0 Å². The van der Waals surface area contributed by atoms with Gasteiger partial charge < -0.3 is 9.15 Å². The molecule has 0 fully saturated rings. The van der Waals surface area contributed by atoms with Crippen molar-refractivity contribution >= 4 is 21.9 Å². The molecule has 3 aromatic rings. The second kappa shape index (κ2) is 3.73. The first kappa shape index (κ1) is 11.1. The predicted octanol–water partition coefficient (Wildman–Crippen LogP) is 3.91. The Morgan fingerprint density at radius 3 is 2.56 bits per heavy atom. The van der Waals surface area contributed by atoms with Crippen LogP contribution in [-0.4, -0.2) is 12.1 Å². The van der Waals surface area contributed by atoms with E-state index in [0.717, 1.165) is 33.2 Å². The molecular weight excluding hydrogens is 226 g/mol. The molecule has 0 aliphatic carbocycles. The summed E-state index contributed by atoms with van der Waals surface area (Å²) in [5, 5.41) is 2.20. The van der Waals surface area contributed by atoms with Crippen LogP contribution >= 0.6 is 0 Å². The smallest absolute Gasteiger partial charge is 0.216 e. The molecule has 3 nitrogen and oxygen atoms in total. The third kappa shape index (κ3) is 1.40. The lowest BCUT2D eigenvalue weighted by atomic mass is 10.0. The average Bonchev–Trinajstić information content (AvgIpc) is 2.74. The van der Waals surface area contributed by atoms with Crippen LogP contribution in [0.2, 0.25) is 0 Å². The number of nitrogens with zero attached hydrogens (tertiary/aromatic N) is 1. The van der Waals surface area contributed by atoms with Crippen molar-refractivity contribution in [3.63, 3.8) is 0 Å². The molecule has 0 aliphatic rings. The summed E-state index contributed by atoms with van der Waals surface area (Å²) in [7, 11) is 1.65. The first-order chi connectivity index (χ1) is 8.61. The zero-order chi connectivity index (χ0) is 12.9. The molecule has 0 unspecified atom stereocenters. The molecule has 1 aromatic carbocycles. The quantitative estimate of drug-likeness (QED) is 0.647. The van der Waals surface area contributed by atoms with Crippen LogP contribution in [0, 0.1) is 20.8 Å². The molecule has 0 bridgehead atoms. The van der Waals surface area contributed by atoms with Crippen LogP contribution in [0.4, 0.5) is 0 Å². The van der Waals surface area contributed by atoms with Gasteiger partial charge in [0.05, 0.1) is 12.6 Å². The number of methoxy groups -OCH3 is 1. The number of rotatable bonds is 1. The molecule has 0 spiro atoms. The Bertz CT molecular complexity index is 756. The Morgan fingerprint density at radius 1 is 1.06 bits per heavy atom. The maximum atomic E-state index is 5.64. The SMILES string of the molecule is COc1nc2c(ccc3oc(C)cc32)c(C)c1C. The molecule has 0 atom stereocenters. The van der Waals surface area contributed by atoms with E-state index in [9.17, 15) is 0 Å². The standard InChI is InChI=1S/C15H15NO2/c1-8-7-12-13(18-8)6-5-11-9(2)10(3)15(17-4)16-14(11)12/h5-7H,1-4H3. The van der Waals surface area contributed by atoms with Gasteiger partial charge in [0.2, 0.25) is 5.88 Å². The van der Waals surface area contributed by atoms with Crippen LogP contribution < -0.4 is 4.74 Å². The summed E-state index contributed by atoms with van der Waals surface area (Å²) < 4.78 is 11.0. The minimum Gasteiger partial charge on any atom is -0.481 e. The van der Waals surface area contributed by atoms with Gasteiger partial charge in [0.25, 0.3) is 0 Å². The van der Waals surface area contributed by atoms with Crippen molar-refractivity contribution in [3.8, 4) is 5.88 Å². The van der Waals surface area contributed by atoms with E-state index in [-0.39, 0.29) is 0 Å². The second-order valence-corrected chi connectivity index (χ2v) is 4.60. The molecule has 3 heteroatoms. The van der Waals surface area contributed by atoms with Gasteiger partial charge in [-0.15, -0.1) is 0 Å². The average molecular weight is 241 g/mol. The van der Waals surface area contributed by atoms with Gasteiger partial charge in [-0.1, -0.05) is 0 Å². The third-order valence-electron chi connectivity index (χ3n) is 3.49. The number of benzene rings is 1. The van der Waals surface area contributed by atoms with E-state index in [2.05, 4.69) is 18.0 Å². The summed E-state index contributed by atoms with van der Waals surface area (Å²) >= 11 is 0. The Hall–Kier alpha value is -2.03. The van der Waals surface area contributed by atoms with Crippen molar-refractivity contribution < 1.29 is 9.15 Å². The zero-order valence-corrected chi connectivity index (χ0v) is 11.0. The summed E-state index contributed by atoms with van der Waals surface area (Å²) in [5.41, 5.74) is 4.12. The third-order valence-corrected chi connectivity index (χ3v) is 3.49. The molecule has 0 aliphatic heterocycles. The molecule has 92 valence electrons. The van der Waals surface area contributed by atoms with E-state index in [4.69, 9.17) is 9.15 Å². The van der Waals surface area contributed by atoms with E-state index >= 15 is 0 Å². The van der Waals surface area contributed by atoms with E-state index in [1.807, 2.05) is 26.0 Å². The van der Waals surface area contributed by atoms with Crippen molar-refractivity contribution in [2.45, 2.75) is 20.8 Å². The first-order valence-electron chi connectivity index (χ1n) is 5.96. The minimum atomic E-state index is 0.686. The van der Waals surface area contributed by atoms with Crippen molar-refractivity contribution in [2.75, 3.05) is 7.11 Å². The molecule has 2 aromatic heterocycles. The van der Waals surface area contributed by atoms with Crippen LogP contribution in [0.15, 0.2) is 22.6 Å². The van der Waals surface area contributed by atoms with E-state index in [1.54, 1.807) is 7.11 Å². The van der Waals surface area contributed by atoms with Crippen LogP contribution in [0.5, 0.6) is 5.88 Å². The van der Waals surface area contributed by atoms with Crippen molar-refractivity contribution in [3.05, 3.63) is 35.1 Å². The fraction of sp³-hybridized carbons (Fsp3) is 0.267. The highest BCUT2D eigenvalue weighted by Gasteiger charge is 2.13. The lowest BCUT2D eigenvalue weighted by molar-refractivity contribution is 0.396. The van der Waals surface area contributed by atoms with Crippen molar-refractivity contribution in [1.29, 1.82) is 0 Å². The summed E-state index contributed by atoms with van der Waals surface area (Å²) in [6.07, 6.45) is 0. The number of fused-ring (bicyclic) bond motifs is 3. The van der Waals surface area contributed by atoms with E-state index < -0.39 is 0 Å². The van der Waals surface area contributed by atoms with Gasteiger partial charge in [-0.25, -0.2) is 4.98 Å². The topological polar surface area (TPSA) is 35.3 Å². The van der Waals surface area contributed by atoms with Crippen LogP contribution in [-0.2, 0) is 0 Å². The van der Waals surface area contributed by atoms with Crippen molar-refractivity contribution in [1.82, 2.24) is 4.98 Å². The molecule has 18 heavy (non-hydrogen) atoms. The maximum Gasteiger partial charge on any atom is 0.216 e. The number of furan rings is 1. The number of pyridine rings is 1. The predicted molar refractivity (Wildman–Crippen MR) is 72.3 cm³/mol. The fourth-order valence-corrected chi connectivity index (χ4v) is 2.39. The highest BCUT2D eigenvalue weighted by atomic mass is 16.5. The van der Waals surface area contributed by atoms with Gasteiger partial charge in [-0.3, -0.25) is 0 Å². The first-order valence-corrected chi connectivity index (χ1v) is 5.96. The number of hydrogen-bond donors (Lipinski definition) is 0. The van der Waals surface area contributed by atoms with E-state index in [0.29, 0.717) is 5.88 Å². The summed E-state index contributed by atoms with van der Waals surface area (Å²) in [5.74, 6) is 1.59. The molecule has 3 rings (SSSR count). The Balaban J connectivity index is 2.53. The molecule has 0 N–H and O–H groups in total. The molecule has 0 amide bonds. The van der Waals surface area contributed by atoms with Crippen LogP contribution in [0.25, 0.3) is 21.9 Å². The fourth-order valence-electron chi connectivity index (χ4n) is 2.39. The van der Waals surface area contributed by atoms with Gasteiger partial charge in [-0.2, -0.15) is 0 Å². The zero-order valence-electron chi connectivity index (χ0n) is 11.0. The van der Waals surface area contributed by atoms with Crippen molar-refractivity contribution in [2.24, 2.45) is 0 Å². The highest BCUT2D eigenvalue weighted by molar-refractivity contribution is 6.05. The summed E-state index contributed by atoms with van der Waals surface area (Å²) in [6, 6.07) is 6.10. The number of aryl methyl sites for hydroxylation is 2. The molecule has 2 heterocycles. The normalized spacial score (nSPS) is 11.3. The van der Waals surface area contributed by atoms with Crippen LogP contribution in [0.1, 0.15) is 16.9 Å². The van der Waals surface area contributed by atoms with Gasteiger partial charge >= 0.3 is 0 Å². The number of ether oxygens (including phenoxy) is 1. The molecular formula is C15H15NO2. The van der Waals surface area contributed by atoms with E-state index in [1.165, 1.54) is 5.56 Å². The Labute approximate surface area is 105 Å². The van der Waals surface area contributed by atoms with Gasteiger partial charge in [0, 0.05) is 16.3 Å². The van der Waals surface area contributed by atoms with Gasteiger partial charge in [0.15, 0.2) is 0 Å². The number of hydrogen-bond acceptors (Lipinski definition) is 3. The maximum absolute atomic E-state index is 5.64. The lowest BCUT2D eigenvalue weighted by Crippen LogP contribution is -1.95. The Morgan fingerprint density at radius 2 is 1.83 bits per heavy atom.